The maximum absolute atomic E-state index is 12.9. The van der Waals surface area contributed by atoms with Crippen molar-refractivity contribution in [2.75, 3.05) is 24.8 Å². The molecule has 1 aliphatic heterocycles. The fourth-order valence-corrected chi connectivity index (χ4v) is 4.38. The number of benzene rings is 2. The summed E-state index contributed by atoms with van der Waals surface area (Å²) in [6, 6.07) is 12.2. The van der Waals surface area contributed by atoms with Crippen LogP contribution >= 0.6 is 15.9 Å². The van der Waals surface area contributed by atoms with E-state index in [-0.39, 0.29) is 12.3 Å². The molecule has 3 rings (SSSR count). The summed E-state index contributed by atoms with van der Waals surface area (Å²) in [6.07, 6.45) is 1.92. The summed E-state index contributed by atoms with van der Waals surface area (Å²) in [7, 11) is -1.92. The van der Waals surface area contributed by atoms with Gasteiger partial charge in [-0.3, -0.25) is 4.79 Å². The minimum absolute atomic E-state index is 0.0366. The molecule has 0 spiro atoms. The summed E-state index contributed by atoms with van der Waals surface area (Å²) in [5.74, 6) is 0.551. The molecule has 1 N–H and O–H groups in total. The molecule has 0 bridgehead atoms. The molecule has 0 radical (unpaired) electrons. The molecule has 2 aromatic rings. The average molecular weight is 453 g/mol. The Morgan fingerprint density at radius 2 is 1.96 bits per heavy atom. The van der Waals surface area contributed by atoms with Crippen LogP contribution in [-0.4, -0.2) is 34.2 Å². The molecule has 0 aliphatic carbocycles. The molecule has 27 heavy (non-hydrogen) atoms. The van der Waals surface area contributed by atoms with Gasteiger partial charge in [0.05, 0.1) is 19.4 Å². The first-order chi connectivity index (χ1) is 12.8. The molecule has 1 amide bonds. The lowest BCUT2D eigenvalue weighted by Crippen LogP contribution is -2.35. The fraction of sp³-hybridized carbons (Fsp3) is 0.316. The van der Waals surface area contributed by atoms with Crippen molar-refractivity contribution >= 4 is 37.5 Å². The lowest BCUT2D eigenvalue weighted by molar-refractivity contribution is -0.118. The minimum Gasteiger partial charge on any atom is -0.497 e. The predicted molar refractivity (Wildman–Crippen MR) is 109 cm³/mol. The van der Waals surface area contributed by atoms with Crippen molar-refractivity contribution in [2.45, 2.75) is 18.9 Å². The highest BCUT2D eigenvalue weighted by Crippen LogP contribution is 2.32. The first-order valence-corrected chi connectivity index (χ1v) is 11.2. The molecule has 6 nitrogen and oxygen atoms in total. The second-order valence-electron chi connectivity index (χ2n) is 6.49. The topological polar surface area (TPSA) is 75.7 Å². The highest BCUT2D eigenvalue weighted by Gasteiger charge is 2.28. The third-order valence-corrected chi connectivity index (χ3v) is 5.70. The number of nitrogens with one attached hydrogen (secondary N) is 1. The van der Waals surface area contributed by atoms with Crippen LogP contribution in [0, 0.1) is 0 Å². The Balaban J connectivity index is 1.83. The number of carbonyl (C=O) groups excluding carboxylic acids is 1. The highest BCUT2D eigenvalue weighted by molar-refractivity contribution is 9.10. The average Bonchev–Trinajstić information content (AvgIpc) is 3.03. The predicted octanol–water partition coefficient (Wildman–Crippen LogP) is 3.03. The lowest BCUT2D eigenvalue weighted by Gasteiger charge is -2.23. The monoisotopic (exact) mass is 452 g/mol. The van der Waals surface area contributed by atoms with E-state index in [1.54, 1.807) is 36.3 Å². The second kappa shape index (κ2) is 8.00. The van der Waals surface area contributed by atoms with E-state index in [0.717, 1.165) is 28.4 Å². The van der Waals surface area contributed by atoms with Gasteiger partial charge in [0.25, 0.3) is 0 Å². The van der Waals surface area contributed by atoms with Gasteiger partial charge < -0.3 is 9.64 Å². The van der Waals surface area contributed by atoms with Crippen LogP contribution < -0.4 is 14.4 Å². The van der Waals surface area contributed by atoms with Crippen molar-refractivity contribution in [1.29, 1.82) is 0 Å². The number of amides is 1. The number of anilines is 1. The van der Waals surface area contributed by atoms with Crippen LogP contribution in [0.2, 0.25) is 0 Å². The van der Waals surface area contributed by atoms with Crippen molar-refractivity contribution < 1.29 is 17.9 Å². The van der Waals surface area contributed by atoms with Crippen molar-refractivity contribution in [3.63, 3.8) is 0 Å². The Kier molecular flexibility index (Phi) is 5.88. The van der Waals surface area contributed by atoms with Gasteiger partial charge in [-0.2, -0.15) is 0 Å². The molecule has 8 heteroatoms. The van der Waals surface area contributed by atoms with Crippen molar-refractivity contribution in [3.8, 4) is 5.75 Å². The number of nitrogens with zero attached hydrogens (tertiary/aromatic N) is 1. The van der Waals surface area contributed by atoms with Crippen LogP contribution in [0.4, 0.5) is 5.69 Å². The molecule has 0 aromatic heterocycles. The third-order valence-electron chi connectivity index (χ3n) is 4.49. The van der Waals surface area contributed by atoms with Gasteiger partial charge in [-0.05, 0) is 47.9 Å². The summed E-state index contributed by atoms with van der Waals surface area (Å²) in [4.78, 5) is 14.7. The van der Waals surface area contributed by atoms with Crippen LogP contribution in [0.25, 0.3) is 0 Å². The molecular weight excluding hydrogens is 432 g/mol. The van der Waals surface area contributed by atoms with E-state index < -0.39 is 16.1 Å². The zero-order valence-electron chi connectivity index (χ0n) is 15.1. The summed E-state index contributed by atoms with van der Waals surface area (Å²) in [6.45, 7) is 0.596. The molecule has 0 unspecified atom stereocenters. The van der Waals surface area contributed by atoms with E-state index in [4.69, 9.17) is 4.74 Å². The second-order valence-corrected chi connectivity index (χ2v) is 9.18. The summed E-state index contributed by atoms with van der Waals surface area (Å²) in [5, 5.41) is 0. The molecule has 0 fully saturated rings. The number of hydrogen-bond donors (Lipinski definition) is 1. The van der Waals surface area contributed by atoms with E-state index in [2.05, 4.69) is 20.7 Å². The van der Waals surface area contributed by atoms with Crippen LogP contribution in [0.1, 0.15) is 23.6 Å². The number of fused-ring (bicyclic) bond motifs is 1. The molecule has 144 valence electrons. The Labute approximate surface area is 167 Å². The maximum atomic E-state index is 12.9. The van der Waals surface area contributed by atoms with Gasteiger partial charge in [0.2, 0.25) is 15.9 Å². The van der Waals surface area contributed by atoms with Gasteiger partial charge in [0.15, 0.2) is 0 Å². The van der Waals surface area contributed by atoms with Crippen LogP contribution in [0.3, 0.4) is 0 Å². The van der Waals surface area contributed by atoms with E-state index in [1.807, 2.05) is 18.2 Å². The van der Waals surface area contributed by atoms with Gasteiger partial charge in [0.1, 0.15) is 5.75 Å². The third kappa shape index (κ3) is 4.88. The Morgan fingerprint density at radius 1 is 1.26 bits per heavy atom. The van der Waals surface area contributed by atoms with Gasteiger partial charge in [-0.15, -0.1) is 0 Å². The van der Waals surface area contributed by atoms with Gasteiger partial charge in [-0.1, -0.05) is 28.1 Å². The number of ether oxygens (including phenoxy) is 1. The number of hydrogen-bond acceptors (Lipinski definition) is 4. The number of carbonyl (C=O) groups is 1. The summed E-state index contributed by atoms with van der Waals surface area (Å²) < 4.78 is 32.3. The molecule has 0 saturated heterocycles. The molecule has 1 atom stereocenters. The van der Waals surface area contributed by atoms with Crippen LogP contribution in [0.5, 0.6) is 5.75 Å². The standard InChI is InChI=1S/C19H21BrN2O4S/c1-26-16-6-3-13(4-7-16)17(21-27(2,24)25)12-19(23)22-10-9-14-11-15(20)5-8-18(14)22/h3-8,11,17,21H,9-10,12H2,1-2H3/t17-/m1/s1. The zero-order valence-corrected chi connectivity index (χ0v) is 17.5. The van der Waals surface area contributed by atoms with Gasteiger partial charge in [-0.25, -0.2) is 13.1 Å². The Bertz CT molecular complexity index is 945. The SMILES string of the molecule is COc1ccc([C@@H](CC(=O)N2CCc3cc(Br)ccc32)NS(C)(=O)=O)cc1. The van der Waals surface area contributed by atoms with E-state index in [9.17, 15) is 13.2 Å². The number of rotatable bonds is 6. The summed E-state index contributed by atoms with van der Waals surface area (Å²) >= 11 is 3.45. The molecular formula is C19H21BrN2O4S. The van der Waals surface area contributed by atoms with Crippen molar-refractivity contribution in [2.24, 2.45) is 0 Å². The number of methoxy groups -OCH3 is 1. The normalized spacial score (nSPS) is 14.7. The van der Waals surface area contributed by atoms with Crippen LogP contribution in [0.15, 0.2) is 46.9 Å². The first kappa shape index (κ1) is 19.9. The van der Waals surface area contributed by atoms with Gasteiger partial charge >= 0.3 is 0 Å². The smallest absolute Gasteiger partial charge is 0.228 e. The quantitative estimate of drug-likeness (QED) is 0.730. The maximum Gasteiger partial charge on any atom is 0.228 e. The van der Waals surface area contributed by atoms with Crippen molar-refractivity contribution in [3.05, 3.63) is 58.1 Å². The molecule has 2 aromatic carbocycles. The molecule has 0 saturated carbocycles. The van der Waals surface area contributed by atoms with E-state index in [0.29, 0.717) is 17.9 Å². The first-order valence-electron chi connectivity index (χ1n) is 8.47. The Morgan fingerprint density at radius 3 is 2.59 bits per heavy atom. The van der Waals surface area contributed by atoms with Crippen LogP contribution in [-0.2, 0) is 21.2 Å². The highest BCUT2D eigenvalue weighted by atomic mass is 79.9. The minimum atomic E-state index is -3.48. The number of sulfonamides is 1. The summed E-state index contributed by atoms with van der Waals surface area (Å²) in [5.41, 5.74) is 2.70. The van der Waals surface area contributed by atoms with E-state index in [1.165, 1.54) is 0 Å². The molecule has 1 aliphatic rings. The van der Waals surface area contributed by atoms with Crippen molar-refractivity contribution in [1.82, 2.24) is 4.72 Å². The molecule has 1 heterocycles. The Hall–Kier alpha value is -1.90. The zero-order chi connectivity index (χ0) is 19.6. The lowest BCUT2D eigenvalue weighted by atomic mass is 10.0. The largest absolute Gasteiger partial charge is 0.497 e. The number of halogens is 1. The van der Waals surface area contributed by atoms with E-state index >= 15 is 0 Å². The fourth-order valence-electron chi connectivity index (χ4n) is 3.24. The van der Waals surface area contributed by atoms with Gasteiger partial charge in [0, 0.05) is 23.1 Å².